The molecule has 6 N–H and O–H groups in total. The molecule has 182 valence electrons. The molecule has 3 unspecified atom stereocenters. The van der Waals surface area contributed by atoms with Gasteiger partial charge >= 0.3 is 7.82 Å². The molecule has 13 nitrogen and oxygen atoms in total. The van der Waals surface area contributed by atoms with Crippen LogP contribution in [-0.4, -0.2) is 78.8 Å². The number of amides is 1. The highest BCUT2D eigenvalue weighted by Crippen LogP contribution is 2.45. The van der Waals surface area contributed by atoms with E-state index in [1.807, 2.05) is 0 Å². The molecular weight excluding hydrogens is 469 g/mol. The van der Waals surface area contributed by atoms with E-state index < -0.39 is 68.7 Å². The Morgan fingerprint density at radius 3 is 2.72 bits per heavy atom. The van der Waals surface area contributed by atoms with Gasteiger partial charge in [-0.15, -0.1) is 0 Å². The van der Waals surface area contributed by atoms with Crippen molar-refractivity contribution in [2.24, 2.45) is 0 Å². The number of aliphatic hydroxyl groups excluding tert-OH is 2. The number of aromatic amines is 1. The molecule has 1 aromatic rings. The number of aliphatic hydroxyl groups is 3. The van der Waals surface area contributed by atoms with Crippen molar-refractivity contribution in [1.29, 1.82) is 0 Å². The van der Waals surface area contributed by atoms with E-state index in [4.69, 9.17) is 26.0 Å². The van der Waals surface area contributed by atoms with Crippen LogP contribution in [0.15, 0.2) is 17.1 Å². The van der Waals surface area contributed by atoms with Gasteiger partial charge in [-0.2, -0.15) is 0 Å². The van der Waals surface area contributed by atoms with Crippen molar-refractivity contribution in [3.05, 3.63) is 27.4 Å². The van der Waals surface area contributed by atoms with Gasteiger partial charge in [-0.05, 0) is 25.6 Å². The molecular formula is C17H28N3O10PS. The SMILES string of the molecule is CC[C@@H](O)[C@H](COP(=O)(O)OCC1O[C@@H](n2ccc(=O)[nH]c2=S)C(C)(O)[C@H]1O)NC(C)=O. The van der Waals surface area contributed by atoms with Crippen molar-refractivity contribution >= 4 is 25.9 Å². The predicted molar refractivity (Wildman–Crippen MR) is 112 cm³/mol. The van der Waals surface area contributed by atoms with E-state index in [2.05, 4.69) is 10.3 Å². The Morgan fingerprint density at radius 1 is 1.50 bits per heavy atom. The molecule has 0 spiro atoms. The van der Waals surface area contributed by atoms with Crippen LogP contribution in [0.1, 0.15) is 33.4 Å². The second kappa shape index (κ2) is 10.6. The predicted octanol–water partition coefficient (Wildman–Crippen LogP) is -0.676. The molecule has 0 saturated carbocycles. The van der Waals surface area contributed by atoms with E-state index in [1.54, 1.807) is 6.92 Å². The summed E-state index contributed by atoms with van der Waals surface area (Å²) in [5.74, 6) is -0.462. The van der Waals surface area contributed by atoms with Gasteiger partial charge in [-0.25, -0.2) is 4.57 Å². The van der Waals surface area contributed by atoms with Crippen molar-refractivity contribution in [2.75, 3.05) is 13.2 Å². The fraction of sp³-hybridized carbons (Fsp3) is 0.706. The summed E-state index contributed by atoms with van der Waals surface area (Å²) in [7, 11) is -4.68. The van der Waals surface area contributed by atoms with Gasteiger partial charge in [0.2, 0.25) is 5.91 Å². The topological polar surface area (TPSA) is 193 Å². The van der Waals surface area contributed by atoms with E-state index >= 15 is 0 Å². The molecule has 1 saturated heterocycles. The second-order valence-electron chi connectivity index (χ2n) is 7.56. The molecule has 32 heavy (non-hydrogen) atoms. The van der Waals surface area contributed by atoms with Gasteiger partial charge in [0.25, 0.3) is 5.56 Å². The number of nitrogens with zero attached hydrogens (tertiary/aromatic N) is 1. The first-order chi connectivity index (χ1) is 14.8. The Bertz CT molecular complexity index is 966. The molecule has 1 fully saturated rings. The lowest BCUT2D eigenvalue weighted by Gasteiger charge is -2.28. The van der Waals surface area contributed by atoms with Crippen molar-refractivity contribution in [2.45, 2.75) is 63.4 Å². The van der Waals surface area contributed by atoms with Gasteiger partial charge in [0.1, 0.15) is 17.8 Å². The molecule has 1 aliphatic rings. The molecule has 1 amide bonds. The van der Waals surface area contributed by atoms with Crippen LogP contribution in [0.4, 0.5) is 0 Å². The first-order valence-electron chi connectivity index (χ1n) is 9.73. The molecule has 1 aliphatic heterocycles. The Morgan fingerprint density at radius 2 is 2.16 bits per heavy atom. The molecule has 0 radical (unpaired) electrons. The molecule has 0 aliphatic carbocycles. The normalized spacial score (nSPS) is 29.3. The maximum absolute atomic E-state index is 12.2. The summed E-state index contributed by atoms with van der Waals surface area (Å²) in [4.78, 5) is 34.9. The lowest BCUT2D eigenvalue weighted by atomic mass is 9.96. The summed E-state index contributed by atoms with van der Waals surface area (Å²) < 4.78 is 28.7. The number of hydrogen-bond acceptors (Lipinski definition) is 10. The Labute approximate surface area is 188 Å². The van der Waals surface area contributed by atoms with Crippen LogP contribution >= 0.6 is 20.0 Å². The van der Waals surface area contributed by atoms with E-state index in [1.165, 1.54) is 24.6 Å². The molecule has 15 heteroatoms. The minimum Gasteiger partial charge on any atom is -0.391 e. The van der Waals surface area contributed by atoms with Crippen molar-refractivity contribution < 1.29 is 43.4 Å². The highest BCUT2D eigenvalue weighted by Gasteiger charge is 2.53. The van der Waals surface area contributed by atoms with Crippen LogP contribution in [0.5, 0.6) is 0 Å². The number of phosphoric acid groups is 1. The summed E-state index contributed by atoms with van der Waals surface area (Å²) in [6, 6.07) is 0.208. The summed E-state index contributed by atoms with van der Waals surface area (Å²) >= 11 is 5.05. The largest absolute Gasteiger partial charge is 0.472 e. The molecule has 2 heterocycles. The standard InChI is InChI=1S/C17H28N3O10PS/c1-4-11(22)10(18-9(2)21)7-28-31(26,27)29-8-12-14(24)17(3,25)15(30-12)20-6-5-13(23)19-16(20)32/h5-6,10-12,14-15,22,24-25H,4,7-8H2,1-3H3,(H,18,21)(H,26,27)(H,19,23,32)/t10-,11+,12?,14-,15+,17?/m0/s1. The summed E-state index contributed by atoms with van der Waals surface area (Å²) in [6.45, 7) is 3.00. The fourth-order valence-electron chi connectivity index (χ4n) is 3.16. The smallest absolute Gasteiger partial charge is 0.391 e. The monoisotopic (exact) mass is 497 g/mol. The van der Waals surface area contributed by atoms with Gasteiger partial charge in [0.05, 0.1) is 25.4 Å². The van der Waals surface area contributed by atoms with Crippen LogP contribution in [0, 0.1) is 4.77 Å². The third-order valence-corrected chi connectivity index (χ3v) is 6.21. The second-order valence-corrected chi connectivity index (χ2v) is 9.40. The minimum absolute atomic E-state index is 0.0637. The number of H-pyrrole nitrogens is 1. The van der Waals surface area contributed by atoms with Gasteiger partial charge in [0, 0.05) is 19.2 Å². The molecule has 0 bridgehead atoms. The van der Waals surface area contributed by atoms with Crippen LogP contribution < -0.4 is 10.9 Å². The van der Waals surface area contributed by atoms with Crippen molar-refractivity contribution in [3.8, 4) is 0 Å². The summed E-state index contributed by atoms with van der Waals surface area (Å²) in [5, 5.41) is 33.5. The molecule has 1 aromatic heterocycles. The van der Waals surface area contributed by atoms with Crippen molar-refractivity contribution in [3.63, 3.8) is 0 Å². The highest BCUT2D eigenvalue weighted by atomic mass is 32.1. The number of ether oxygens (including phenoxy) is 1. The Balaban J connectivity index is 2.04. The molecule has 7 atom stereocenters. The van der Waals surface area contributed by atoms with E-state index in [0.29, 0.717) is 0 Å². The zero-order chi connectivity index (χ0) is 24.3. The quantitative estimate of drug-likeness (QED) is 0.177. The number of rotatable bonds is 10. The van der Waals surface area contributed by atoms with Crippen LogP contribution in [0.3, 0.4) is 0 Å². The summed E-state index contributed by atoms with van der Waals surface area (Å²) in [5.41, 5.74) is -2.35. The zero-order valence-electron chi connectivity index (χ0n) is 17.7. The molecule has 2 rings (SSSR count). The highest BCUT2D eigenvalue weighted by molar-refractivity contribution is 7.71. The van der Waals surface area contributed by atoms with Gasteiger partial charge in [-0.1, -0.05) is 6.92 Å². The average Bonchev–Trinajstić information content (AvgIpc) is 2.92. The first-order valence-corrected chi connectivity index (χ1v) is 11.6. The molecule has 0 aromatic carbocycles. The number of phosphoric ester groups is 1. The number of aromatic nitrogens is 2. The number of nitrogens with one attached hydrogen (secondary N) is 2. The Kier molecular flexibility index (Phi) is 8.90. The maximum atomic E-state index is 12.2. The van der Waals surface area contributed by atoms with Crippen molar-refractivity contribution in [1.82, 2.24) is 14.9 Å². The third kappa shape index (κ3) is 6.53. The first kappa shape index (κ1) is 26.8. The maximum Gasteiger partial charge on any atom is 0.472 e. The Hall–Kier alpha value is -1.48. The number of carbonyl (C=O) groups is 1. The summed E-state index contributed by atoms with van der Waals surface area (Å²) in [6.07, 6.45) is -3.50. The third-order valence-electron chi connectivity index (χ3n) is 4.95. The van der Waals surface area contributed by atoms with Gasteiger partial charge < -0.3 is 30.3 Å². The van der Waals surface area contributed by atoms with Gasteiger partial charge in [-0.3, -0.25) is 28.2 Å². The van der Waals surface area contributed by atoms with E-state index in [9.17, 15) is 34.4 Å². The lowest BCUT2D eigenvalue weighted by molar-refractivity contribution is -0.121. The van der Waals surface area contributed by atoms with Crippen LogP contribution in [0.25, 0.3) is 0 Å². The van der Waals surface area contributed by atoms with E-state index in [0.717, 1.165) is 6.07 Å². The van der Waals surface area contributed by atoms with Crippen LogP contribution in [-0.2, 0) is 23.1 Å². The number of hydrogen-bond donors (Lipinski definition) is 6. The van der Waals surface area contributed by atoms with E-state index in [-0.39, 0.29) is 11.2 Å². The lowest BCUT2D eigenvalue weighted by Crippen LogP contribution is -2.45. The number of carbonyl (C=O) groups excluding carboxylic acids is 1. The van der Waals surface area contributed by atoms with Gasteiger partial charge in [0.15, 0.2) is 11.0 Å². The zero-order valence-corrected chi connectivity index (χ0v) is 19.4. The van der Waals surface area contributed by atoms with Crippen LogP contribution in [0.2, 0.25) is 0 Å². The minimum atomic E-state index is -4.68. The fourth-order valence-corrected chi connectivity index (χ4v) is 4.18. The average molecular weight is 497 g/mol.